The molecule has 1 aromatic rings. The van der Waals surface area contributed by atoms with E-state index in [1.54, 1.807) is 30.8 Å². The zero-order valence-corrected chi connectivity index (χ0v) is 15.1. The highest BCUT2D eigenvalue weighted by molar-refractivity contribution is 7.99. The van der Waals surface area contributed by atoms with Gasteiger partial charge < -0.3 is 10.2 Å². The van der Waals surface area contributed by atoms with Crippen LogP contribution in [0.25, 0.3) is 0 Å². The van der Waals surface area contributed by atoms with E-state index >= 15 is 0 Å². The average Bonchev–Trinajstić information content (AvgIpc) is 3.01. The van der Waals surface area contributed by atoms with Crippen LogP contribution in [0.3, 0.4) is 0 Å². The molecule has 1 heterocycles. The van der Waals surface area contributed by atoms with E-state index < -0.39 is 0 Å². The Hall–Kier alpha value is -1.79. The van der Waals surface area contributed by atoms with Gasteiger partial charge in [-0.1, -0.05) is 18.2 Å². The molecule has 130 valence electrons. The number of likely N-dealkylation sites (N-methyl/N-ethyl adjacent to an activating group) is 1. The van der Waals surface area contributed by atoms with Gasteiger partial charge in [-0.3, -0.25) is 14.5 Å². The molecule has 0 aromatic heterocycles. The average molecular weight is 347 g/mol. The van der Waals surface area contributed by atoms with Gasteiger partial charge in [0.05, 0.1) is 18.3 Å². The third-order valence-corrected chi connectivity index (χ3v) is 5.02. The van der Waals surface area contributed by atoms with Crippen LogP contribution in [0.2, 0.25) is 0 Å². The third-order valence-electron chi connectivity index (χ3n) is 3.95. The van der Waals surface area contributed by atoms with Crippen LogP contribution in [-0.2, 0) is 9.59 Å². The first-order valence-corrected chi connectivity index (χ1v) is 9.09. The number of benzene rings is 1. The number of rotatable bonds is 7. The van der Waals surface area contributed by atoms with Gasteiger partial charge in [0, 0.05) is 24.7 Å². The van der Waals surface area contributed by atoms with Crippen molar-refractivity contribution in [3.63, 3.8) is 0 Å². The van der Waals surface area contributed by atoms with Gasteiger partial charge in [-0.2, -0.15) is 0 Å². The smallest absolute Gasteiger partial charge is 0.239 e. The molecular formula is C18H25N3O2S. The van der Waals surface area contributed by atoms with E-state index in [1.165, 1.54) is 0 Å². The Morgan fingerprint density at radius 1 is 1.42 bits per heavy atom. The van der Waals surface area contributed by atoms with Crippen molar-refractivity contribution >= 4 is 29.3 Å². The minimum absolute atomic E-state index is 0.0715. The second-order valence-electron chi connectivity index (χ2n) is 6.01. The molecule has 1 aliphatic rings. The summed E-state index contributed by atoms with van der Waals surface area (Å²) in [6, 6.07) is 7.55. The van der Waals surface area contributed by atoms with E-state index in [9.17, 15) is 9.59 Å². The Bertz CT molecular complexity index is 604. The monoisotopic (exact) mass is 347 g/mol. The molecule has 0 bridgehead atoms. The molecule has 6 heteroatoms. The van der Waals surface area contributed by atoms with Crippen molar-refractivity contribution in [3.8, 4) is 0 Å². The predicted octanol–water partition coefficient (Wildman–Crippen LogP) is 2.46. The second kappa shape index (κ2) is 8.89. The number of hydrogen-bond donors (Lipinski definition) is 1. The maximum absolute atomic E-state index is 12.4. The topological polar surface area (TPSA) is 52.7 Å². The van der Waals surface area contributed by atoms with Crippen LogP contribution in [0.1, 0.15) is 12.8 Å². The van der Waals surface area contributed by atoms with E-state index in [0.29, 0.717) is 0 Å². The molecule has 24 heavy (non-hydrogen) atoms. The maximum Gasteiger partial charge on any atom is 0.239 e. The third kappa shape index (κ3) is 4.85. The predicted molar refractivity (Wildman–Crippen MR) is 99.3 cm³/mol. The molecule has 0 aliphatic carbocycles. The molecule has 1 saturated heterocycles. The summed E-state index contributed by atoms with van der Waals surface area (Å²) in [5, 5.41) is 2.97. The molecule has 2 rings (SSSR count). The second-order valence-corrected chi connectivity index (χ2v) is 7.07. The molecule has 1 aliphatic heterocycles. The van der Waals surface area contributed by atoms with Gasteiger partial charge in [-0.15, -0.1) is 18.3 Å². The van der Waals surface area contributed by atoms with Gasteiger partial charge >= 0.3 is 0 Å². The molecule has 1 fully saturated rings. The number of likely N-dealkylation sites (tertiary alicyclic amines) is 1. The van der Waals surface area contributed by atoms with Crippen molar-refractivity contribution < 1.29 is 9.59 Å². The fourth-order valence-electron chi connectivity index (χ4n) is 2.81. The lowest BCUT2D eigenvalue weighted by atomic mass is 10.2. The quantitative estimate of drug-likeness (QED) is 0.608. The van der Waals surface area contributed by atoms with Gasteiger partial charge in [0.25, 0.3) is 0 Å². The summed E-state index contributed by atoms with van der Waals surface area (Å²) in [6.45, 7) is 4.75. The summed E-state index contributed by atoms with van der Waals surface area (Å²) in [7, 11) is 3.51. The first-order chi connectivity index (χ1) is 11.5. The van der Waals surface area contributed by atoms with Crippen molar-refractivity contribution in [2.24, 2.45) is 0 Å². The van der Waals surface area contributed by atoms with Crippen LogP contribution in [0.5, 0.6) is 0 Å². The van der Waals surface area contributed by atoms with Gasteiger partial charge in [-0.25, -0.2) is 0 Å². The van der Waals surface area contributed by atoms with Crippen molar-refractivity contribution in [3.05, 3.63) is 36.9 Å². The van der Waals surface area contributed by atoms with E-state index in [1.807, 2.05) is 35.2 Å². The number of carbonyl (C=O) groups excluding carboxylic acids is 2. The number of nitrogens with zero attached hydrogens (tertiary/aromatic N) is 2. The first-order valence-electron chi connectivity index (χ1n) is 8.10. The number of nitrogens with one attached hydrogen (secondary N) is 1. The molecule has 0 radical (unpaired) electrons. The van der Waals surface area contributed by atoms with Crippen molar-refractivity contribution in [1.82, 2.24) is 9.80 Å². The molecule has 1 unspecified atom stereocenters. The Morgan fingerprint density at radius 3 is 2.88 bits per heavy atom. The zero-order valence-electron chi connectivity index (χ0n) is 14.3. The standard InChI is InChI=1S/C18H25N3O2S/c1-4-12-24-16-10-6-5-8-14(16)19-17(22)13-21-11-7-9-15(21)18(23)20(2)3/h4-6,8,10,15H,1,7,9,11-13H2,2-3H3,(H,19,22). The lowest BCUT2D eigenvalue weighted by molar-refractivity contribution is -0.133. The molecule has 0 spiro atoms. The van der Waals surface area contributed by atoms with Gasteiger partial charge in [0.1, 0.15) is 0 Å². The summed E-state index contributed by atoms with van der Waals surface area (Å²) in [6.07, 6.45) is 3.60. The molecule has 1 atom stereocenters. The van der Waals surface area contributed by atoms with Crippen LogP contribution < -0.4 is 5.32 Å². The lowest BCUT2D eigenvalue weighted by Gasteiger charge is -2.25. The van der Waals surface area contributed by atoms with Crippen LogP contribution >= 0.6 is 11.8 Å². The van der Waals surface area contributed by atoms with E-state index in [2.05, 4.69) is 11.9 Å². The Labute approximate surface area is 148 Å². The Kier molecular flexibility index (Phi) is 6.87. The molecule has 2 amide bonds. The summed E-state index contributed by atoms with van der Waals surface area (Å²) in [4.78, 5) is 29.2. The highest BCUT2D eigenvalue weighted by Crippen LogP contribution is 2.27. The van der Waals surface area contributed by atoms with Crippen LogP contribution in [0.4, 0.5) is 5.69 Å². The number of amides is 2. The molecule has 0 saturated carbocycles. The van der Waals surface area contributed by atoms with E-state index in [-0.39, 0.29) is 24.4 Å². The van der Waals surface area contributed by atoms with Crippen LogP contribution in [0, 0.1) is 0 Å². The maximum atomic E-state index is 12.4. The zero-order chi connectivity index (χ0) is 17.5. The lowest BCUT2D eigenvalue weighted by Crippen LogP contribution is -2.45. The van der Waals surface area contributed by atoms with E-state index in [4.69, 9.17) is 0 Å². The number of hydrogen-bond acceptors (Lipinski definition) is 4. The van der Waals surface area contributed by atoms with Crippen LogP contribution in [0.15, 0.2) is 41.8 Å². The minimum atomic E-state index is -0.184. The molecule has 1 N–H and O–H groups in total. The molecule has 5 nitrogen and oxygen atoms in total. The van der Waals surface area contributed by atoms with Crippen molar-refractivity contribution in [2.45, 2.75) is 23.8 Å². The molecule has 1 aromatic carbocycles. The number of anilines is 1. The summed E-state index contributed by atoms with van der Waals surface area (Å²) < 4.78 is 0. The summed E-state index contributed by atoms with van der Waals surface area (Å²) in [5.41, 5.74) is 0.809. The highest BCUT2D eigenvalue weighted by Gasteiger charge is 2.32. The SMILES string of the molecule is C=CCSc1ccccc1NC(=O)CN1CCCC1C(=O)N(C)C. The number of carbonyl (C=O) groups is 2. The normalized spacial score (nSPS) is 17.5. The fourth-order valence-corrected chi connectivity index (χ4v) is 3.56. The number of thioether (sulfide) groups is 1. The summed E-state index contributed by atoms with van der Waals surface area (Å²) in [5.74, 6) is 0.778. The highest BCUT2D eigenvalue weighted by atomic mass is 32.2. The largest absolute Gasteiger partial charge is 0.347 e. The van der Waals surface area contributed by atoms with E-state index in [0.717, 1.165) is 35.7 Å². The minimum Gasteiger partial charge on any atom is -0.347 e. The first kappa shape index (κ1) is 18.5. The van der Waals surface area contributed by atoms with Gasteiger partial charge in [-0.05, 0) is 31.5 Å². The Morgan fingerprint density at radius 2 is 2.17 bits per heavy atom. The van der Waals surface area contributed by atoms with Crippen molar-refractivity contribution in [2.75, 3.05) is 38.3 Å². The number of para-hydroxylation sites is 1. The van der Waals surface area contributed by atoms with Gasteiger partial charge in [0.15, 0.2) is 0 Å². The fraction of sp³-hybridized carbons (Fsp3) is 0.444. The van der Waals surface area contributed by atoms with Gasteiger partial charge in [0.2, 0.25) is 11.8 Å². The molecular weight excluding hydrogens is 322 g/mol. The van der Waals surface area contributed by atoms with Crippen molar-refractivity contribution in [1.29, 1.82) is 0 Å². The summed E-state index contributed by atoms with van der Waals surface area (Å²) >= 11 is 1.63. The Balaban J connectivity index is 1.98. The van der Waals surface area contributed by atoms with Crippen LogP contribution in [-0.4, -0.2) is 60.6 Å².